The van der Waals surface area contributed by atoms with Crippen LogP contribution in [0.4, 0.5) is 0 Å². The first kappa shape index (κ1) is 25.6. The summed E-state index contributed by atoms with van der Waals surface area (Å²) in [5.41, 5.74) is 4.19. The minimum absolute atomic E-state index is 0.0843. The van der Waals surface area contributed by atoms with Crippen LogP contribution in [-0.4, -0.2) is 78.9 Å². The number of benzene rings is 2. The second-order valence-corrected chi connectivity index (χ2v) is 9.71. The predicted octanol–water partition coefficient (Wildman–Crippen LogP) is 2.69. The highest BCUT2D eigenvalue weighted by molar-refractivity contribution is 8.01. The van der Waals surface area contributed by atoms with Crippen LogP contribution in [0.2, 0.25) is 0 Å². The molecule has 1 saturated heterocycles. The first-order valence-corrected chi connectivity index (χ1v) is 12.9. The van der Waals surface area contributed by atoms with Crippen LogP contribution >= 0.6 is 23.1 Å². The van der Waals surface area contributed by atoms with Gasteiger partial charge in [0.1, 0.15) is 5.01 Å². The molecule has 0 unspecified atom stereocenters. The lowest BCUT2D eigenvalue weighted by Gasteiger charge is -2.26. The van der Waals surface area contributed by atoms with E-state index in [2.05, 4.69) is 20.7 Å². The van der Waals surface area contributed by atoms with Crippen molar-refractivity contribution in [3.05, 3.63) is 54.1 Å². The number of morpholine rings is 1. The van der Waals surface area contributed by atoms with Crippen LogP contribution in [0.1, 0.15) is 5.56 Å². The number of carbonyl (C=O) groups excluding carboxylic acids is 2. The van der Waals surface area contributed by atoms with E-state index < -0.39 is 0 Å². The summed E-state index contributed by atoms with van der Waals surface area (Å²) in [5.74, 6) is 0.705. The Morgan fingerprint density at radius 2 is 1.97 bits per heavy atom. The average molecular weight is 528 g/mol. The molecule has 10 nitrogen and oxygen atoms in total. The first-order chi connectivity index (χ1) is 17.6. The van der Waals surface area contributed by atoms with Crippen molar-refractivity contribution in [2.24, 2.45) is 5.10 Å². The van der Waals surface area contributed by atoms with Crippen LogP contribution in [0.3, 0.4) is 0 Å². The highest BCUT2D eigenvalue weighted by atomic mass is 32.2. The Hall–Kier alpha value is -3.48. The van der Waals surface area contributed by atoms with Crippen molar-refractivity contribution in [1.29, 1.82) is 0 Å². The summed E-state index contributed by atoms with van der Waals surface area (Å²) in [6.07, 6.45) is 1.51. The van der Waals surface area contributed by atoms with Gasteiger partial charge in [-0.15, -0.1) is 10.2 Å². The Labute approximate surface area is 216 Å². The molecule has 2 amide bonds. The maximum atomic E-state index is 12.3. The molecule has 2 heterocycles. The Balaban J connectivity index is 1.24. The molecule has 4 rings (SSSR count). The Kier molecular flexibility index (Phi) is 9.25. The van der Waals surface area contributed by atoms with Crippen molar-refractivity contribution in [2.75, 3.05) is 45.8 Å². The molecule has 1 aliphatic heterocycles. The van der Waals surface area contributed by atoms with E-state index >= 15 is 0 Å². The van der Waals surface area contributed by atoms with E-state index in [9.17, 15) is 9.59 Å². The molecule has 36 heavy (non-hydrogen) atoms. The summed E-state index contributed by atoms with van der Waals surface area (Å²) >= 11 is 2.74. The van der Waals surface area contributed by atoms with Gasteiger partial charge in [0.2, 0.25) is 0 Å². The molecule has 0 atom stereocenters. The van der Waals surface area contributed by atoms with Crippen molar-refractivity contribution < 1.29 is 23.8 Å². The van der Waals surface area contributed by atoms with E-state index in [1.807, 2.05) is 30.3 Å². The van der Waals surface area contributed by atoms with E-state index in [1.54, 1.807) is 23.1 Å². The zero-order valence-electron chi connectivity index (χ0n) is 19.6. The van der Waals surface area contributed by atoms with E-state index in [4.69, 9.17) is 14.2 Å². The molecular weight excluding hydrogens is 502 g/mol. The number of carbonyl (C=O) groups is 2. The molecule has 0 radical (unpaired) electrons. The van der Waals surface area contributed by atoms with Gasteiger partial charge in [-0.25, -0.2) is 5.43 Å². The number of aromatic nitrogens is 2. The third-order valence-electron chi connectivity index (χ3n) is 5.06. The Bertz CT molecular complexity index is 1200. The number of nitrogens with zero attached hydrogens (tertiary/aromatic N) is 4. The normalized spacial score (nSPS) is 13.5. The zero-order chi connectivity index (χ0) is 25.2. The van der Waals surface area contributed by atoms with Crippen molar-refractivity contribution in [3.8, 4) is 22.1 Å². The molecular formula is C24H25N5O5S2. The highest BCUT2D eigenvalue weighted by Crippen LogP contribution is 2.29. The smallest absolute Gasteiger partial charge is 0.260 e. The number of thioether (sulfide) groups is 1. The molecule has 1 N–H and O–H groups in total. The molecule has 2 aromatic carbocycles. The van der Waals surface area contributed by atoms with Gasteiger partial charge in [0.05, 0.1) is 32.3 Å². The van der Waals surface area contributed by atoms with Crippen LogP contribution in [0.25, 0.3) is 10.6 Å². The molecule has 0 aliphatic carbocycles. The summed E-state index contributed by atoms with van der Waals surface area (Å²) < 4.78 is 17.0. The van der Waals surface area contributed by atoms with Gasteiger partial charge >= 0.3 is 0 Å². The van der Waals surface area contributed by atoms with Gasteiger partial charge in [0.15, 0.2) is 22.4 Å². The minimum atomic E-state index is -0.263. The topological polar surface area (TPSA) is 115 Å². The molecule has 0 bridgehead atoms. The lowest BCUT2D eigenvalue weighted by Crippen LogP contribution is -2.43. The maximum absolute atomic E-state index is 12.3. The highest BCUT2D eigenvalue weighted by Gasteiger charge is 2.18. The number of hydrogen-bond donors (Lipinski definition) is 1. The summed E-state index contributed by atoms with van der Waals surface area (Å²) in [6, 6.07) is 14.9. The molecule has 12 heteroatoms. The molecule has 188 valence electrons. The van der Waals surface area contributed by atoms with E-state index in [0.29, 0.717) is 47.7 Å². The minimum Gasteiger partial charge on any atom is -0.493 e. The SMILES string of the molecule is COc1cc(C=NNC(=O)CSc2nnc(-c3ccccc3)s2)ccc1OCC(=O)N1CCOCC1. The number of hydrazone groups is 1. The van der Waals surface area contributed by atoms with Gasteiger partial charge < -0.3 is 19.1 Å². The summed E-state index contributed by atoms with van der Waals surface area (Å²) in [6.45, 7) is 2.12. The molecule has 1 fully saturated rings. The van der Waals surface area contributed by atoms with Gasteiger partial charge in [0.25, 0.3) is 11.8 Å². The van der Waals surface area contributed by atoms with E-state index in [-0.39, 0.29) is 24.2 Å². The number of rotatable bonds is 10. The molecule has 1 aromatic heterocycles. The largest absolute Gasteiger partial charge is 0.493 e. The number of methoxy groups -OCH3 is 1. The van der Waals surface area contributed by atoms with E-state index in [1.165, 1.54) is 36.4 Å². The Morgan fingerprint density at radius 1 is 1.17 bits per heavy atom. The molecule has 1 aliphatic rings. The summed E-state index contributed by atoms with van der Waals surface area (Å²) in [5, 5.41) is 13.1. The monoisotopic (exact) mass is 527 g/mol. The number of ether oxygens (including phenoxy) is 3. The average Bonchev–Trinajstić information content (AvgIpc) is 3.41. The first-order valence-electron chi connectivity index (χ1n) is 11.1. The fourth-order valence-electron chi connectivity index (χ4n) is 3.23. The summed E-state index contributed by atoms with van der Waals surface area (Å²) in [4.78, 5) is 26.2. The van der Waals surface area contributed by atoms with Gasteiger partial charge in [-0.1, -0.05) is 53.4 Å². The van der Waals surface area contributed by atoms with Crippen LogP contribution in [-0.2, 0) is 14.3 Å². The second kappa shape index (κ2) is 13.0. The maximum Gasteiger partial charge on any atom is 0.260 e. The molecule has 3 aromatic rings. The van der Waals surface area contributed by atoms with E-state index in [0.717, 1.165) is 10.6 Å². The van der Waals surface area contributed by atoms with Crippen LogP contribution < -0.4 is 14.9 Å². The Morgan fingerprint density at radius 3 is 2.75 bits per heavy atom. The van der Waals surface area contributed by atoms with Crippen molar-refractivity contribution in [3.63, 3.8) is 0 Å². The van der Waals surface area contributed by atoms with Crippen molar-refractivity contribution >= 4 is 41.1 Å². The fourth-order valence-corrected chi connectivity index (χ4v) is 4.88. The fraction of sp³-hybridized carbons (Fsp3) is 0.292. The van der Waals surface area contributed by atoms with Gasteiger partial charge in [-0.05, 0) is 23.8 Å². The number of nitrogens with one attached hydrogen (secondary N) is 1. The molecule has 0 spiro atoms. The van der Waals surface area contributed by atoms with Crippen molar-refractivity contribution in [1.82, 2.24) is 20.5 Å². The molecule has 0 saturated carbocycles. The predicted molar refractivity (Wildman–Crippen MR) is 138 cm³/mol. The zero-order valence-corrected chi connectivity index (χ0v) is 21.2. The second-order valence-electron chi connectivity index (χ2n) is 7.51. The van der Waals surface area contributed by atoms with Gasteiger partial charge in [-0.3, -0.25) is 9.59 Å². The number of hydrogen-bond acceptors (Lipinski definition) is 10. The summed E-state index contributed by atoms with van der Waals surface area (Å²) in [7, 11) is 1.52. The third kappa shape index (κ3) is 7.26. The quantitative estimate of drug-likeness (QED) is 0.243. The van der Waals surface area contributed by atoms with Gasteiger partial charge in [-0.2, -0.15) is 5.10 Å². The third-order valence-corrected chi connectivity index (χ3v) is 7.17. The number of amides is 2. The van der Waals surface area contributed by atoms with Crippen molar-refractivity contribution in [2.45, 2.75) is 4.34 Å². The standard InChI is InChI=1S/C24H25N5O5S2/c1-32-20-13-17(7-8-19(20)34-15-22(31)29-9-11-33-12-10-29)14-25-26-21(30)16-35-24-28-27-23(36-24)18-5-3-2-4-6-18/h2-8,13-14H,9-12,15-16H2,1H3,(H,26,30). The van der Waals surface area contributed by atoms with Gasteiger partial charge in [0, 0.05) is 18.7 Å². The lowest BCUT2D eigenvalue weighted by atomic mass is 10.2. The van der Waals surface area contributed by atoms with Crippen LogP contribution in [0.15, 0.2) is 58.0 Å². The lowest BCUT2D eigenvalue weighted by molar-refractivity contribution is -0.137. The van der Waals surface area contributed by atoms with Crippen LogP contribution in [0.5, 0.6) is 11.5 Å². The van der Waals surface area contributed by atoms with Crippen LogP contribution in [0, 0.1) is 0 Å².